The van der Waals surface area contributed by atoms with Crippen LogP contribution in [0.5, 0.6) is 0 Å². The van der Waals surface area contributed by atoms with Crippen molar-refractivity contribution in [2.45, 2.75) is 0 Å². The summed E-state index contributed by atoms with van der Waals surface area (Å²) in [5.74, 6) is 0. The fourth-order valence-corrected chi connectivity index (χ4v) is 0. The van der Waals surface area contributed by atoms with Crippen LogP contribution in [0.2, 0.25) is 0 Å². The standard InChI is InChI=1S/Co.Fe.Mn.Nd.Ni.Pd.Zn. The van der Waals surface area contributed by atoms with E-state index in [9.17, 15) is 0 Å². The summed E-state index contributed by atoms with van der Waals surface area (Å²) in [6.07, 6.45) is 0. The molecule has 0 N–H and O–H groups in total. The Hall–Kier alpha value is 4.68. The molecule has 0 nitrogen and oxygen atoms in total. The van der Waals surface area contributed by atoms with E-state index in [0.29, 0.717) is 0 Å². The first-order valence-electron chi connectivity index (χ1n) is 0. The molecule has 7 heteroatoms. The summed E-state index contributed by atoms with van der Waals surface area (Å²) in [6.45, 7) is 0. The van der Waals surface area contributed by atoms with Gasteiger partial charge in [0.25, 0.3) is 0 Å². The first-order chi connectivity index (χ1) is 0. The van der Waals surface area contributed by atoms with Gasteiger partial charge in [-0.3, -0.25) is 0 Å². The Morgan fingerprint density at radius 1 is 1.00 bits per heavy atom. The third-order valence-corrected chi connectivity index (χ3v) is 0. The van der Waals surface area contributed by atoms with Crippen LogP contribution >= 0.6 is 0 Å². The molecule has 7 heavy (non-hydrogen) atoms. The second kappa shape index (κ2) is 45.7. The average Bonchev–Trinajstić information content (AvgIpc) is 0. The molecule has 0 saturated heterocycles. The van der Waals surface area contributed by atoms with Gasteiger partial charge in [-0.25, -0.2) is 0 Å². The SMILES string of the molecule is [Co].[Fe].[Mn].[Nd].[Ni].[Pd].[Zn]. The minimum Gasteiger partial charge on any atom is 0 e. The molecule has 2 radical (unpaired) electrons. The molecule has 50 valence electrons. The summed E-state index contributed by atoms with van der Waals surface area (Å²) in [4.78, 5) is 0. The van der Waals surface area contributed by atoms with Gasteiger partial charge in [-0.15, -0.1) is 0 Å². The molecule has 0 aliphatic rings. The van der Waals surface area contributed by atoms with Crippen LogP contribution in [0.15, 0.2) is 0 Å². The second-order valence-corrected chi connectivity index (χ2v) is 0. The largest absolute Gasteiger partial charge is 0 e. The maximum absolute atomic E-state index is 0. The Kier molecular flexibility index (Phi) is 398. The first-order valence-corrected chi connectivity index (χ1v) is 0. The van der Waals surface area contributed by atoms with Crippen LogP contribution in [0.25, 0.3) is 0 Å². The van der Waals surface area contributed by atoms with E-state index in [2.05, 4.69) is 0 Å². The van der Waals surface area contributed by atoms with Crippen LogP contribution < -0.4 is 0 Å². The van der Waals surface area contributed by atoms with Crippen molar-refractivity contribution in [3.8, 4) is 0 Å². The average molecular weight is 544 g/mol. The van der Waals surface area contributed by atoms with E-state index >= 15 is 0 Å². The maximum atomic E-state index is 0. The van der Waals surface area contributed by atoms with Gasteiger partial charge in [0.15, 0.2) is 0 Å². The van der Waals surface area contributed by atoms with E-state index in [0.717, 1.165) is 0 Å². The van der Waals surface area contributed by atoms with E-state index in [-0.39, 0.29) is 148 Å². The number of hydrogen-bond acceptors (Lipinski definition) is 0. The predicted octanol–water partition coefficient (Wildman–Crippen LogP) is -0.0150. The normalized spacial score (nSPS) is 0. The monoisotopic (exact) mass is 539 g/mol. The maximum Gasteiger partial charge on any atom is 0 e. The van der Waals surface area contributed by atoms with Crippen molar-refractivity contribution in [2.75, 3.05) is 0 Å². The van der Waals surface area contributed by atoms with E-state index in [1.54, 1.807) is 0 Å². The molecule has 0 aliphatic carbocycles. The Bertz CT molecular complexity index is 19.7. The molecular weight excluding hydrogens is 544 g/mol. The van der Waals surface area contributed by atoms with Gasteiger partial charge < -0.3 is 0 Å². The first kappa shape index (κ1) is 60.9. The van der Waals surface area contributed by atoms with Crippen LogP contribution in [-0.4, -0.2) is 0 Å². The molecule has 0 fully saturated rings. The van der Waals surface area contributed by atoms with E-state index in [1.807, 2.05) is 0 Å². The summed E-state index contributed by atoms with van der Waals surface area (Å²) in [5.41, 5.74) is 0. The third kappa shape index (κ3) is 36.8. The quantitative estimate of drug-likeness (QED) is 0.377. The van der Waals surface area contributed by atoms with Crippen LogP contribution in [0.1, 0.15) is 0 Å². The van der Waals surface area contributed by atoms with Crippen LogP contribution in [-0.2, 0) is 107 Å². The number of rotatable bonds is 0. The van der Waals surface area contributed by atoms with Gasteiger partial charge in [-0.1, -0.05) is 0 Å². The zero-order valence-corrected chi connectivity index (χ0v) is 14.9. The van der Waals surface area contributed by atoms with Gasteiger partial charge in [0.05, 0.1) is 0 Å². The fraction of sp³-hybridized carbons (Fsp3) is 0. The van der Waals surface area contributed by atoms with Gasteiger partial charge in [-0.05, 0) is 0 Å². The molecule has 0 amide bonds. The van der Waals surface area contributed by atoms with E-state index < -0.39 is 0 Å². The van der Waals surface area contributed by atoms with Crippen LogP contribution in [0.4, 0.5) is 0 Å². The molecule has 0 aromatic heterocycles. The molecule has 0 heterocycles. The summed E-state index contributed by atoms with van der Waals surface area (Å²) < 4.78 is 0. The molecular formula is CoFeMnNdNiPdZn. The molecule has 0 rings (SSSR count). The molecule has 0 atom stereocenters. The Balaban J connectivity index is 0. The van der Waals surface area contributed by atoms with Crippen molar-refractivity contribution in [1.82, 2.24) is 0 Å². The Morgan fingerprint density at radius 3 is 1.00 bits per heavy atom. The van der Waals surface area contributed by atoms with Gasteiger partial charge in [0, 0.05) is 148 Å². The molecule has 0 spiro atoms. The van der Waals surface area contributed by atoms with Crippen molar-refractivity contribution < 1.29 is 148 Å². The molecule has 0 saturated carbocycles. The zero-order chi connectivity index (χ0) is 0. The molecule has 0 bridgehead atoms. The zero-order valence-electron chi connectivity index (χ0n) is 2.90. The van der Waals surface area contributed by atoms with Gasteiger partial charge in [0.2, 0.25) is 0 Å². The van der Waals surface area contributed by atoms with Crippen molar-refractivity contribution in [3.05, 3.63) is 0 Å². The predicted molar refractivity (Wildman–Crippen MR) is 0 cm³/mol. The molecule has 0 aromatic rings. The summed E-state index contributed by atoms with van der Waals surface area (Å²) in [5, 5.41) is 0. The summed E-state index contributed by atoms with van der Waals surface area (Å²) in [7, 11) is 0. The van der Waals surface area contributed by atoms with Gasteiger partial charge >= 0.3 is 0 Å². The van der Waals surface area contributed by atoms with Gasteiger partial charge in [-0.2, -0.15) is 0 Å². The van der Waals surface area contributed by atoms with Crippen molar-refractivity contribution >= 4 is 0 Å². The van der Waals surface area contributed by atoms with Gasteiger partial charge in [0.1, 0.15) is 0 Å². The smallest absolute Gasteiger partial charge is 0 e. The number of hydrogen-bond donors (Lipinski definition) is 0. The van der Waals surface area contributed by atoms with Crippen molar-refractivity contribution in [2.24, 2.45) is 0 Å². The molecule has 0 unspecified atom stereocenters. The van der Waals surface area contributed by atoms with Crippen molar-refractivity contribution in [3.63, 3.8) is 0 Å². The second-order valence-electron chi connectivity index (χ2n) is 0. The minimum absolute atomic E-state index is 0. The van der Waals surface area contributed by atoms with E-state index in [4.69, 9.17) is 0 Å². The fourth-order valence-electron chi connectivity index (χ4n) is 0. The van der Waals surface area contributed by atoms with Crippen molar-refractivity contribution in [1.29, 1.82) is 0 Å². The summed E-state index contributed by atoms with van der Waals surface area (Å²) >= 11 is 0. The Labute approximate surface area is 145 Å². The molecule has 0 aliphatic heterocycles. The molecule has 0 aromatic carbocycles. The Morgan fingerprint density at radius 2 is 1.00 bits per heavy atom. The summed E-state index contributed by atoms with van der Waals surface area (Å²) in [6, 6.07) is 0. The minimum atomic E-state index is 0. The van der Waals surface area contributed by atoms with Crippen LogP contribution in [0, 0.1) is 40.8 Å². The van der Waals surface area contributed by atoms with Crippen LogP contribution in [0.3, 0.4) is 0 Å². The topological polar surface area (TPSA) is 0 Å². The third-order valence-electron chi connectivity index (χ3n) is 0. The van der Waals surface area contributed by atoms with E-state index in [1.165, 1.54) is 0 Å².